The van der Waals surface area contributed by atoms with E-state index in [4.69, 9.17) is 5.11 Å². The first-order chi connectivity index (χ1) is 7.60. The van der Waals surface area contributed by atoms with Gasteiger partial charge in [-0.2, -0.15) is 39.5 Å². The number of Topliss-reactive ketones (excluding diaryl/α,β-unsaturated/α-hetero) is 1. The highest BCUT2D eigenvalue weighted by Gasteiger charge is 2.80. The molecule has 18 heavy (non-hydrogen) atoms. The van der Waals surface area contributed by atoms with Crippen molar-refractivity contribution in [1.29, 1.82) is 0 Å². The van der Waals surface area contributed by atoms with Gasteiger partial charge in [0.25, 0.3) is 0 Å². The van der Waals surface area contributed by atoms with Crippen molar-refractivity contribution in [1.82, 2.24) is 0 Å². The number of aliphatic carboxylic acids is 1. The zero-order valence-electron chi connectivity index (χ0n) is 7.67. The van der Waals surface area contributed by atoms with E-state index in [1.54, 1.807) is 0 Å². The van der Waals surface area contributed by atoms with Crippen molar-refractivity contribution in [2.45, 2.75) is 23.9 Å². The summed E-state index contributed by atoms with van der Waals surface area (Å²) >= 11 is 0. The fraction of sp³-hybridized carbons (Fsp3) is 0.667. The van der Waals surface area contributed by atoms with Crippen molar-refractivity contribution in [3.63, 3.8) is 0 Å². The SMILES string of the molecule is O=C(O)C(F)(F)C(F)(F)C(F)(F)C(=O)C(F)(F)F. The summed E-state index contributed by atoms with van der Waals surface area (Å²) in [6.07, 6.45) is -6.54. The Hall–Kier alpha value is -1.49. The van der Waals surface area contributed by atoms with Gasteiger partial charge in [-0.15, -0.1) is 0 Å². The highest BCUT2D eigenvalue weighted by molar-refractivity contribution is 5.93. The third-order valence-electron chi connectivity index (χ3n) is 1.60. The lowest BCUT2D eigenvalue weighted by atomic mass is 10.0. The molecule has 0 atom stereocenters. The van der Waals surface area contributed by atoms with Gasteiger partial charge in [0.15, 0.2) is 0 Å². The zero-order chi connectivity index (χ0) is 15.2. The van der Waals surface area contributed by atoms with E-state index >= 15 is 0 Å². The molecular formula is C6HF9O3. The molecule has 0 saturated heterocycles. The Bertz CT molecular complexity index is 369. The third kappa shape index (κ3) is 2.22. The molecule has 0 aliphatic rings. The van der Waals surface area contributed by atoms with E-state index in [-0.39, 0.29) is 0 Å². The molecule has 0 heterocycles. The molecule has 0 radical (unpaired) electrons. The number of carboxylic acid groups (broad SMARTS) is 1. The summed E-state index contributed by atoms with van der Waals surface area (Å²) in [6.45, 7) is 0. The molecule has 0 aromatic rings. The summed E-state index contributed by atoms with van der Waals surface area (Å²) in [5, 5.41) is 7.57. The summed E-state index contributed by atoms with van der Waals surface area (Å²) in [5.41, 5.74) is 0. The number of ketones is 1. The van der Waals surface area contributed by atoms with Gasteiger partial charge in [0.1, 0.15) is 0 Å². The van der Waals surface area contributed by atoms with Gasteiger partial charge < -0.3 is 5.11 Å². The second kappa shape index (κ2) is 4.02. The minimum Gasteiger partial charge on any atom is -0.477 e. The van der Waals surface area contributed by atoms with Crippen LogP contribution < -0.4 is 0 Å². The summed E-state index contributed by atoms with van der Waals surface area (Å²) in [4.78, 5) is 19.6. The highest BCUT2D eigenvalue weighted by atomic mass is 19.4. The first-order valence-electron chi connectivity index (χ1n) is 3.58. The molecule has 0 saturated carbocycles. The molecular weight excluding hydrogens is 291 g/mol. The highest BCUT2D eigenvalue weighted by Crippen LogP contribution is 2.48. The largest absolute Gasteiger partial charge is 0.477 e. The van der Waals surface area contributed by atoms with Gasteiger partial charge in [-0.25, -0.2) is 4.79 Å². The van der Waals surface area contributed by atoms with E-state index < -0.39 is 35.7 Å². The normalized spacial score (nSPS) is 14.5. The molecule has 0 fully saturated rings. The zero-order valence-corrected chi connectivity index (χ0v) is 7.67. The topological polar surface area (TPSA) is 54.4 Å². The Morgan fingerprint density at radius 3 is 1.28 bits per heavy atom. The molecule has 0 amide bonds. The number of carbonyl (C=O) groups is 2. The van der Waals surface area contributed by atoms with Crippen molar-refractivity contribution >= 4 is 11.8 Å². The minimum atomic E-state index is -7.04. The second-order valence-electron chi connectivity index (χ2n) is 2.86. The van der Waals surface area contributed by atoms with Crippen LogP contribution in [0.1, 0.15) is 0 Å². The molecule has 1 N–H and O–H groups in total. The van der Waals surface area contributed by atoms with Crippen molar-refractivity contribution in [2.24, 2.45) is 0 Å². The smallest absolute Gasteiger partial charge is 0.456 e. The van der Waals surface area contributed by atoms with Crippen molar-refractivity contribution in [3.8, 4) is 0 Å². The van der Waals surface area contributed by atoms with Crippen molar-refractivity contribution in [3.05, 3.63) is 0 Å². The summed E-state index contributed by atoms with van der Waals surface area (Å²) < 4.78 is 109. The minimum absolute atomic E-state index is 3.80. The van der Waals surface area contributed by atoms with Crippen LogP contribution in [0.2, 0.25) is 0 Å². The van der Waals surface area contributed by atoms with Gasteiger partial charge in [0.05, 0.1) is 0 Å². The number of alkyl halides is 9. The summed E-state index contributed by atoms with van der Waals surface area (Å²) in [6, 6.07) is 0. The van der Waals surface area contributed by atoms with Crippen molar-refractivity contribution < 1.29 is 54.2 Å². The van der Waals surface area contributed by atoms with Crippen molar-refractivity contribution in [2.75, 3.05) is 0 Å². The maximum atomic E-state index is 12.4. The Balaban J connectivity index is 5.75. The average molecular weight is 292 g/mol. The van der Waals surface area contributed by atoms with Gasteiger partial charge in [-0.1, -0.05) is 0 Å². The van der Waals surface area contributed by atoms with E-state index in [1.165, 1.54) is 0 Å². The molecule has 0 bridgehead atoms. The molecule has 0 aromatic carbocycles. The third-order valence-corrected chi connectivity index (χ3v) is 1.60. The molecule has 0 unspecified atom stereocenters. The van der Waals surface area contributed by atoms with Gasteiger partial charge in [0.2, 0.25) is 0 Å². The van der Waals surface area contributed by atoms with Crippen LogP contribution in [-0.2, 0) is 9.59 Å². The number of hydrogen-bond donors (Lipinski definition) is 1. The maximum Gasteiger partial charge on any atom is 0.456 e. The lowest BCUT2D eigenvalue weighted by Crippen LogP contribution is -2.63. The van der Waals surface area contributed by atoms with Crippen LogP contribution in [-0.4, -0.2) is 40.8 Å². The Morgan fingerprint density at radius 1 is 0.722 bits per heavy atom. The number of hydrogen-bond acceptors (Lipinski definition) is 2. The number of carbonyl (C=O) groups excluding carboxylic acids is 1. The molecule has 12 heteroatoms. The van der Waals surface area contributed by atoms with Gasteiger partial charge in [0, 0.05) is 0 Å². The molecule has 0 aliphatic heterocycles. The Morgan fingerprint density at radius 2 is 1.06 bits per heavy atom. The lowest BCUT2D eigenvalue weighted by Gasteiger charge is -2.29. The van der Waals surface area contributed by atoms with Crippen LogP contribution in [0.4, 0.5) is 39.5 Å². The predicted octanol–water partition coefficient (Wildman–Crippen LogP) is 2.11. The fourth-order valence-electron chi connectivity index (χ4n) is 0.652. The van der Waals surface area contributed by atoms with E-state index in [2.05, 4.69) is 0 Å². The van der Waals surface area contributed by atoms with Crippen LogP contribution in [0.3, 0.4) is 0 Å². The quantitative estimate of drug-likeness (QED) is 0.807. The van der Waals surface area contributed by atoms with E-state index in [9.17, 15) is 49.1 Å². The van der Waals surface area contributed by atoms with E-state index in [0.29, 0.717) is 0 Å². The summed E-state index contributed by atoms with van der Waals surface area (Å²) in [7, 11) is 0. The fourth-order valence-corrected chi connectivity index (χ4v) is 0.652. The molecule has 0 rings (SSSR count). The molecule has 0 aromatic heterocycles. The molecule has 3 nitrogen and oxygen atoms in total. The molecule has 0 spiro atoms. The average Bonchev–Trinajstić information content (AvgIpc) is 2.14. The first-order valence-corrected chi connectivity index (χ1v) is 3.58. The number of carboxylic acids is 1. The van der Waals surface area contributed by atoms with Gasteiger partial charge in [-0.05, 0) is 0 Å². The standard InChI is InChI=1S/C6HF9O3/c7-3(8,1(16)5(11,12)13)6(14,15)4(9,10)2(17)18/h(H,17,18). The van der Waals surface area contributed by atoms with Crippen LogP contribution in [0.25, 0.3) is 0 Å². The van der Waals surface area contributed by atoms with E-state index in [1.807, 2.05) is 0 Å². The second-order valence-corrected chi connectivity index (χ2v) is 2.86. The predicted molar refractivity (Wildman–Crippen MR) is 33.5 cm³/mol. The van der Waals surface area contributed by atoms with Crippen LogP contribution in [0.5, 0.6) is 0 Å². The van der Waals surface area contributed by atoms with Crippen LogP contribution in [0.15, 0.2) is 0 Å². The van der Waals surface area contributed by atoms with Gasteiger partial charge in [-0.3, -0.25) is 4.79 Å². The first kappa shape index (κ1) is 16.5. The molecule has 0 aliphatic carbocycles. The van der Waals surface area contributed by atoms with E-state index in [0.717, 1.165) is 0 Å². The summed E-state index contributed by atoms with van der Waals surface area (Å²) in [5.74, 6) is -28.8. The Kier molecular flexibility index (Phi) is 3.68. The Labute approximate surface area is 91.2 Å². The lowest BCUT2D eigenvalue weighted by molar-refractivity contribution is -0.301. The number of halogens is 9. The maximum absolute atomic E-state index is 12.4. The van der Waals surface area contributed by atoms with Crippen LogP contribution in [0, 0.1) is 0 Å². The monoisotopic (exact) mass is 292 g/mol. The van der Waals surface area contributed by atoms with Crippen LogP contribution >= 0.6 is 0 Å². The van der Waals surface area contributed by atoms with Gasteiger partial charge >= 0.3 is 35.7 Å². The number of rotatable bonds is 4. The molecule has 106 valence electrons.